The molecule has 1 atom stereocenters. The van der Waals surface area contributed by atoms with Gasteiger partial charge in [0.15, 0.2) is 11.5 Å². The highest BCUT2D eigenvalue weighted by molar-refractivity contribution is 6.06. The number of rotatable bonds is 9. The van der Waals surface area contributed by atoms with Crippen molar-refractivity contribution in [1.82, 2.24) is 15.5 Å². The number of amides is 4. The lowest BCUT2D eigenvalue weighted by Crippen LogP contribution is -2.41. The Bertz CT molecular complexity index is 696. The van der Waals surface area contributed by atoms with Gasteiger partial charge in [0.25, 0.3) is 5.91 Å². The first-order chi connectivity index (χ1) is 12.9. The van der Waals surface area contributed by atoms with Gasteiger partial charge in [-0.2, -0.15) is 0 Å². The average molecular weight is 379 g/mol. The summed E-state index contributed by atoms with van der Waals surface area (Å²) >= 11 is 0. The largest absolute Gasteiger partial charge is 0.493 e. The molecule has 1 aromatic carbocycles. The quantitative estimate of drug-likeness (QED) is 0.621. The van der Waals surface area contributed by atoms with E-state index in [2.05, 4.69) is 10.6 Å². The molecule has 1 aromatic rings. The fourth-order valence-corrected chi connectivity index (χ4v) is 2.85. The van der Waals surface area contributed by atoms with Gasteiger partial charge in [0.05, 0.1) is 21.3 Å². The molecule has 1 fully saturated rings. The molecule has 148 valence electrons. The van der Waals surface area contributed by atoms with Gasteiger partial charge < -0.3 is 24.8 Å². The smallest absolute Gasteiger partial charge is 0.325 e. The number of ether oxygens (including phenoxy) is 3. The van der Waals surface area contributed by atoms with E-state index in [1.807, 2.05) is 6.92 Å². The van der Waals surface area contributed by atoms with Crippen molar-refractivity contribution in [2.75, 3.05) is 27.9 Å². The van der Waals surface area contributed by atoms with Gasteiger partial charge in [0.1, 0.15) is 12.6 Å². The highest BCUT2D eigenvalue weighted by atomic mass is 16.5. The fraction of sp³-hybridized carbons (Fsp3) is 0.500. The third-order valence-electron chi connectivity index (χ3n) is 4.20. The molecule has 0 bridgehead atoms. The van der Waals surface area contributed by atoms with E-state index in [0.29, 0.717) is 23.7 Å². The number of urea groups is 1. The molecule has 2 N–H and O–H groups in total. The second kappa shape index (κ2) is 9.11. The molecular formula is C18H25N3O6. The predicted molar refractivity (Wildman–Crippen MR) is 96.9 cm³/mol. The molecule has 4 amide bonds. The number of benzene rings is 1. The molecule has 9 heteroatoms. The zero-order valence-electron chi connectivity index (χ0n) is 16.0. The number of carbonyl (C=O) groups is 3. The topological polar surface area (TPSA) is 106 Å². The van der Waals surface area contributed by atoms with Gasteiger partial charge in [0.2, 0.25) is 11.7 Å². The Morgan fingerprint density at radius 3 is 2.30 bits per heavy atom. The molecule has 0 aliphatic carbocycles. The minimum atomic E-state index is -0.551. The van der Waals surface area contributed by atoms with Crippen LogP contribution in [-0.2, 0) is 16.1 Å². The average Bonchev–Trinajstić information content (AvgIpc) is 2.93. The summed E-state index contributed by atoms with van der Waals surface area (Å²) in [7, 11) is 4.51. The Hall–Kier alpha value is -2.97. The molecule has 1 heterocycles. The molecular weight excluding hydrogens is 354 g/mol. The van der Waals surface area contributed by atoms with Crippen LogP contribution in [0.3, 0.4) is 0 Å². The minimum Gasteiger partial charge on any atom is -0.493 e. The molecule has 0 aromatic heterocycles. The van der Waals surface area contributed by atoms with E-state index < -0.39 is 18.0 Å². The monoisotopic (exact) mass is 379 g/mol. The van der Waals surface area contributed by atoms with E-state index in [1.165, 1.54) is 21.3 Å². The Balaban J connectivity index is 2.00. The molecule has 2 rings (SSSR count). The molecule has 0 radical (unpaired) electrons. The molecule has 1 aliphatic rings. The van der Waals surface area contributed by atoms with Crippen LogP contribution >= 0.6 is 0 Å². The first-order valence-electron chi connectivity index (χ1n) is 8.62. The van der Waals surface area contributed by atoms with Crippen molar-refractivity contribution in [3.8, 4) is 17.2 Å². The summed E-state index contributed by atoms with van der Waals surface area (Å²) in [5, 5.41) is 5.28. The standard InChI is InChI=1S/C18H25N3O6/c1-5-6-12-17(23)21(18(24)20-12)10-15(22)19-9-11-7-13(25-2)16(27-4)14(8-11)26-3/h7-8,12H,5-6,9-10H2,1-4H3,(H,19,22)(H,20,24). The van der Waals surface area contributed by atoms with Crippen molar-refractivity contribution >= 4 is 17.8 Å². The minimum absolute atomic E-state index is 0.178. The van der Waals surface area contributed by atoms with Gasteiger partial charge in [-0.3, -0.25) is 14.5 Å². The van der Waals surface area contributed by atoms with Crippen molar-refractivity contribution in [2.24, 2.45) is 0 Å². The van der Waals surface area contributed by atoms with Crippen LogP contribution in [0.15, 0.2) is 12.1 Å². The number of nitrogens with one attached hydrogen (secondary N) is 2. The maximum atomic E-state index is 12.2. The van der Waals surface area contributed by atoms with E-state index in [9.17, 15) is 14.4 Å². The Morgan fingerprint density at radius 1 is 1.15 bits per heavy atom. The van der Waals surface area contributed by atoms with E-state index in [4.69, 9.17) is 14.2 Å². The van der Waals surface area contributed by atoms with E-state index in [-0.39, 0.29) is 19.0 Å². The second-order valence-corrected chi connectivity index (χ2v) is 6.03. The molecule has 9 nitrogen and oxygen atoms in total. The first-order valence-corrected chi connectivity index (χ1v) is 8.62. The molecule has 0 saturated carbocycles. The summed E-state index contributed by atoms with van der Waals surface area (Å²) in [5.41, 5.74) is 0.721. The van der Waals surface area contributed by atoms with Crippen LogP contribution in [0, 0.1) is 0 Å². The summed E-state index contributed by atoms with van der Waals surface area (Å²) in [6.07, 6.45) is 1.31. The fourth-order valence-electron chi connectivity index (χ4n) is 2.85. The maximum absolute atomic E-state index is 12.2. The van der Waals surface area contributed by atoms with Gasteiger partial charge in [0, 0.05) is 6.54 Å². The summed E-state index contributed by atoms with van der Waals surface area (Å²) < 4.78 is 15.8. The molecule has 27 heavy (non-hydrogen) atoms. The number of carbonyl (C=O) groups excluding carboxylic acids is 3. The van der Waals surface area contributed by atoms with Crippen molar-refractivity contribution in [2.45, 2.75) is 32.4 Å². The van der Waals surface area contributed by atoms with Crippen LogP contribution in [0.1, 0.15) is 25.3 Å². The van der Waals surface area contributed by atoms with Gasteiger partial charge >= 0.3 is 6.03 Å². The van der Waals surface area contributed by atoms with Gasteiger partial charge in [-0.1, -0.05) is 13.3 Å². The highest BCUT2D eigenvalue weighted by Crippen LogP contribution is 2.38. The molecule has 1 saturated heterocycles. The van der Waals surface area contributed by atoms with Crippen molar-refractivity contribution in [3.05, 3.63) is 17.7 Å². The number of imide groups is 1. The van der Waals surface area contributed by atoms with Crippen LogP contribution in [-0.4, -0.2) is 56.7 Å². The first kappa shape index (κ1) is 20.3. The van der Waals surface area contributed by atoms with E-state index in [1.54, 1.807) is 12.1 Å². The van der Waals surface area contributed by atoms with Gasteiger partial charge in [-0.15, -0.1) is 0 Å². The highest BCUT2D eigenvalue weighted by Gasteiger charge is 2.38. The SMILES string of the molecule is CCCC1NC(=O)N(CC(=O)NCc2cc(OC)c(OC)c(OC)c2)C1=O. The second-order valence-electron chi connectivity index (χ2n) is 6.03. The number of hydrogen-bond donors (Lipinski definition) is 2. The van der Waals surface area contributed by atoms with Crippen molar-refractivity contribution in [1.29, 1.82) is 0 Å². The van der Waals surface area contributed by atoms with Crippen molar-refractivity contribution in [3.63, 3.8) is 0 Å². The number of methoxy groups -OCH3 is 3. The lowest BCUT2D eigenvalue weighted by molar-refractivity contribution is -0.132. The van der Waals surface area contributed by atoms with Crippen LogP contribution in [0.4, 0.5) is 4.79 Å². The lowest BCUT2D eigenvalue weighted by Gasteiger charge is -2.15. The number of nitrogens with zero attached hydrogens (tertiary/aromatic N) is 1. The molecule has 1 aliphatic heterocycles. The van der Waals surface area contributed by atoms with Crippen LogP contribution in [0.2, 0.25) is 0 Å². The van der Waals surface area contributed by atoms with Gasteiger partial charge in [-0.05, 0) is 24.1 Å². The Morgan fingerprint density at radius 2 is 1.78 bits per heavy atom. The maximum Gasteiger partial charge on any atom is 0.325 e. The molecule has 0 spiro atoms. The van der Waals surface area contributed by atoms with Crippen LogP contribution in [0.25, 0.3) is 0 Å². The summed E-state index contributed by atoms with van der Waals surface area (Å²) in [4.78, 5) is 37.2. The summed E-state index contributed by atoms with van der Waals surface area (Å²) in [5.74, 6) is 0.584. The Kier molecular flexibility index (Phi) is 6.86. The van der Waals surface area contributed by atoms with Crippen LogP contribution < -0.4 is 24.8 Å². The number of hydrogen-bond acceptors (Lipinski definition) is 6. The summed E-state index contributed by atoms with van der Waals surface area (Å²) in [6, 6.07) is 2.34. The van der Waals surface area contributed by atoms with E-state index in [0.717, 1.165) is 16.9 Å². The van der Waals surface area contributed by atoms with Crippen LogP contribution in [0.5, 0.6) is 17.2 Å². The third kappa shape index (κ3) is 4.60. The van der Waals surface area contributed by atoms with Crippen molar-refractivity contribution < 1.29 is 28.6 Å². The Labute approximate surface area is 157 Å². The zero-order valence-corrected chi connectivity index (χ0v) is 16.0. The lowest BCUT2D eigenvalue weighted by atomic mass is 10.1. The van der Waals surface area contributed by atoms with Gasteiger partial charge in [-0.25, -0.2) is 4.79 Å². The van der Waals surface area contributed by atoms with E-state index >= 15 is 0 Å². The zero-order chi connectivity index (χ0) is 20.0. The summed E-state index contributed by atoms with van der Waals surface area (Å²) in [6.45, 7) is 1.78. The predicted octanol–water partition coefficient (Wildman–Crippen LogP) is 1.05. The normalized spacial score (nSPS) is 16.1. The third-order valence-corrected chi connectivity index (χ3v) is 4.20. The molecule has 1 unspecified atom stereocenters.